The Labute approximate surface area is 152 Å². The molecule has 8 heteroatoms. The molecule has 4 nitrogen and oxygen atoms in total. The summed E-state index contributed by atoms with van der Waals surface area (Å²) in [4.78, 5) is 9.34. The number of para-hydroxylation sites is 1. The predicted molar refractivity (Wildman–Crippen MR) is 93.1 cm³/mol. The van der Waals surface area contributed by atoms with E-state index in [2.05, 4.69) is 9.97 Å². The molecule has 26 heavy (non-hydrogen) atoms. The summed E-state index contributed by atoms with van der Waals surface area (Å²) in [5.41, 5.74) is -0.380. The zero-order valence-electron chi connectivity index (χ0n) is 13.5. The van der Waals surface area contributed by atoms with Gasteiger partial charge in [-0.25, -0.2) is 4.98 Å². The Hall–Kier alpha value is -2.80. The fourth-order valence-corrected chi connectivity index (χ4v) is 2.30. The van der Waals surface area contributed by atoms with Gasteiger partial charge >= 0.3 is 6.18 Å². The molecule has 0 N–H and O–H groups in total. The van der Waals surface area contributed by atoms with Crippen molar-refractivity contribution in [3.8, 4) is 11.6 Å². The largest absolute Gasteiger partial charge is 0.438 e. The minimum atomic E-state index is -4.64. The monoisotopic (exact) mass is 379 g/mol. The number of benzene rings is 2. The molecule has 0 aliphatic rings. The summed E-state index contributed by atoms with van der Waals surface area (Å²) >= 11 is 5.85. The maximum atomic E-state index is 13.3. The van der Waals surface area contributed by atoms with Crippen LogP contribution in [0.25, 0.3) is 0 Å². The Balaban J connectivity index is 2.00. The molecule has 1 heterocycles. The molecule has 0 bridgehead atoms. The second-order valence-corrected chi connectivity index (χ2v) is 5.77. The first kappa shape index (κ1) is 18.0. The molecule has 0 saturated heterocycles. The van der Waals surface area contributed by atoms with Crippen molar-refractivity contribution in [3.05, 3.63) is 71.4 Å². The number of rotatable bonds is 4. The summed E-state index contributed by atoms with van der Waals surface area (Å²) in [5.74, 6) is -0.252. The molecule has 0 amide bonds. The van der Waals surface area contributed by atoms with E-state index in [-0.39, 0.29) is 11.7 Å². The van der Waals surface area contributed by atoms with Crippen LogP contribution in [0, 0.1) is 0 Å². The highest BCUT2D eigenvalue weighted by molar-refractivity contribution is 6.30. The first-order chi connectivity index (χ1) is 12.3. The molecule has 0 aliphatic carbocycles. The molecule has 1 aromatic heterocycles. The molecule has 134 valence electrons. The van der Waals surface area contributed by atoms with Crippen LogP contribution < -0.4 is 9.64 Å². The average molecular weight is 380 g/mol. The van der Waals surface area contributed by atoms with Crippen LogP contribution in [0.3, 0.4) is 0 Å². The van der Waals surface area contributed by atoms with Gasteiger partial charge in [-0.3, -0.25) is 0 Å². The maximum absolute atomic E-state index is 13.3. The highest BCUT2D eigenvalue weighted by atomic mass is 35.5. The predicted octanol–water partition coefficient (Wildman–Crippen LogP) is 5.71. The summed E-state index contributed by atoms with van der Waals surface area (Å²) in [7, 11) is 1.64. The lowest BCUT2D eigenvalue weighted by atomic mass is 10.3. The summed E-state index contributed by atoms with van der Waals surface area (Å²) in [6.45, 7) is 0. The van der Waals surface area contributed by atoms with Gasteiger partial charge in [0.1, 0.15) is 11.3 Å². The van der Waals surface area contributed by atoms with Crippen molar-refractivity contribution in [1.29, 1.82) is 0 Å². The van der Waals surface area contributed by atoms with Crippen molar-refractivity contribution >= 4 is 23.2 Å². The Bertz CT molecular complexity index is 886. The lowest BCUT2D eigenvalue weighted by Gasteiger charge is -2.19. The number of ether oxygens (including phenoxy) is 1. The van der Waals surface area contributed by atoms with E-state index in [0.717, 1.165) is 0 Å². The van der Waals surface area contributed by atoms with Gasteiger partial charge in [0.2, 0.25) is 11.8 Å². The van der Waals surface area contributed by atoms with E-state index < -0.39 is 17.6 Å². The normalized spacial score (nSPS) is 11.3. The van der Waals surface area contributed by atoms with Gasteiger partial charge in [-0.15, -0.1) is 0 Å². The van der Waals surface area contributed by atoms with Crippen molar-refractivity contribution in [1.82, 2.24) is 9.97 Å². The molecular weight excluding hydrogens is 367 g/mol. The van der Waals surface area contributed by atoms with Crippen LogP contribution in [0.1, 0.15) is 5.56 Å². The first-order valence-corrected chi connectivity index (χ1v) is 7.89. The SMILES string of the molecule is CN(c1ccc(Cl)cc1)c1ncc(C(F)(F)F)c(Oc2ccccc2)n1. The number of nitrogens with zero attached hydrogens (tertiary/aromatic N) is 3. The van der Waals surface area contributed by atoms with E-state index >= 15 is 0 Å². The molecule has 3 aromatic rings. The van der Waals surface area contributed by atoms with Crippen LogP contribution in [-0.2, 0) is 6.18 Å². The maximum Gasteiger partial charge on any atom is 0.423 e. The standard InChI is InChI=1S/C18H13ClF3N3O/c1-25(13-9-7-12(19)8-10-13)17-23-11-15(18(20,21)22)16(24-17)26-14-5-3-2-4-6-14/h2-11H,1H3. The van der Waals surface area contributed by atoms with Crippen molar-refractivity contribution < 1.29 is 17.9 Å². The van der Waals surface area contributed by atoms with Crippen LogP contribution in [0.5, 0.6) is 11.6 Å². The lowest BCUT2D eigenvalue weighted by Crippen LogP contribution is -2.16. The van der Waals surface area contributed by atoms with Crippen LogP contribution in [0.2, 0.25) is 5.02 Å². The zero-order valence-corrected chi connectivity index (χ0v) is 14.3. The molecule has 0 radical (unpaired) electrons. The van der Waals surface area contributed by atoms with Crippen LogP contribution in [0.15, 0.2) is 60.8 Å². The molecule has 3 rings (SSSR count). The van der Waals surface area contributed by atoms with Gasteiger partial charge in [0.25, 0.3) is 0 Å². The van der Waals surface area contributed by atoms with Gasteiger partial charge in [0.05, 0.1) is 0 Å². The minimum absolute atomic E-state index is 0.0613. The number of aromatic nitrogens is 2. The van der Waals surface area contributed by atoms with Gasteiger partial charge < -0.3 is 9.64 Å². The topological polar surface area (TPSA) is 38.2 Å². The number of halogens is 4. The summed E-state index contributed by atoms with van der Waals surface area (Å²) in [5, 5.41) is 0.545. The third-order valence-electron chi connectivity index (χ3n) is 3.52. The van der Waals surface area contributed by atoms with E-state index in [1.54, 1.807) is 61.6 Å². The Kier molecular flexibility index (Phi) is 4.99. The van der Waals surface area contributed by atoms with E-state index in [0.29, 0.717) is 16.9 Å². The van der Waals surface area contributed by atoms with E-state index in [1.165, 1.54) is 4.90 Å². The number of hydrogen-bond donors (Lipinski definition) is 0. The van der Waals surface area contributed by atoms with E-state index in [1.807, 2.05) is 0 Å². The average Bonchev–Trinajstić information content (AvgIpc) is 2.61. The summed E-state index contributed by atoms with van der Waals surface area (Å²) in [6, 6.07) is 14.9. The lowest BCUT2D eigenvalue weighted by molar-refractivity contribution is -0.139. The second kappa shape index (κ2) is 7.21. The molecule has 2 aromatic carbocycles. The summed E-state index contributed by atoms with van der Waals surface area (Å²) in [6.07, 6.45) is -3.92. The summed E-state index contributed by atoms with van der Waals surface area (Å²) < 4.78 is 45.2. The molecule has 0 saturated carbocycles. The van der Waals surface area contributed by atoms with Crippen molar-refractivity contribution in [2.24, 2.45) is 0 Å². The van der Waals surface area contributed by atoms with Gasteiger partial charge in [-0.2, -0.15) is 18.2 Å². The van der Waals surface area contributed by atoms with Crippen molar-refractivity contribution in [2.45, 2.75) is 6.18 Å². The third-order valence-corrected chi connectivity index (χ3v) is 3.77. The number of alkyl halides is 3. The Morgan fingerprint density at radius 2 is 1.65 bits per heavy atom. The number of anilines is 2. The quantitative estimate of drug-likeness (QED) is 0.582. The fourth-order valence-electron chi connectivity index (χ4n) is 2.17. The van der Waals surface area contributed by atoms with Crippen molar-refractivity contribution in [3.63, 3.8) is 0 Å². The van der Waals surface area contributed by atoms with Gasteiger partial charge in [-0.1, -0.05) is 29.8 Å². The third kappa shape index (κ3) is 4.05. The highest BCUT2D eigenvalue weighted by Gasteiger charge is 2.36. The zero-order chi connectivity index (χ0) is 18.7. The molecule has 0 aliphatic heterocycles. The number of hydrogen-bond acceptors (Lipinski definition) is 4. The second-order valence-electron chi connectivity index (χ2n) is 5.34. The van der Waals surface area contributed by atoms with Gasteiger partial charge in [0, 0.05) is 24.0 Å². The minimum Gasteiger partial charge on any atom is -0.438 e. The van der Waals surface area contributed by atoms with Crippen LogP contribution in [0.4, 0.5) is 24.8 Å². The van der Waals surface area contributed by atoms with E-state index in [9.17, 15) is 13.2 Å². The first-order valence-electron chi connectivity index (χ1n) is 7.51. The van der Waals surface area contributed by atoms with Crippen molar-refractivity contribution in [2.75, 3.05) is 11.9 Å². The molecule has 0 spiro atoms. The molecular formula is C18H13ClF3N3O. The highest BCUT2D eigenvalue weighted by Crippen LogP contribution is 2.37. The van der Waals surface area contributed by atoms with E-state index in [4.69, 9.17) is 16.3 Å². The Morgan fingerprint density at radius 3 is 2.27 bits per heavy atom. The van der Waals surface area contributed by atoms with Crippen LogP contribution >= 0.6 is 11.6 Å². The van der Waals surface area contributed by atoms with Gasteiger partial charge in [-0.05, 0) is 36.4 Å². The molecule has 0 atom stereocenters. The van der Waals surface area contributed by atoms with Gasteiger partial charge in [0.15, 0.2) is 0 Å². The molecule has 0 fully saturated rings. The fraction of sp³-hybridized carbons (Fsp3) is 0.111. The Morgan fingerprint density at radius 1 is 1.00 bits per heavy atom. The van der Waals surface area contributed by atoms with Crippen LogP contribution in [-0.4, -0.2) is 17.0 Å². The molecule has 0 unspecified atom stereocenters. The smallest absolute Gasteiger partial charge is 0.423 e.